The van der Waals surface area contributed by atoms with Crippen LogP contribution in [0.2, 0.25) is 0 Å². The minimum Gasteiger partial charge on any atom is -0.322 e. The Balaban J connectivity index is 1.70. The molecule has 8 heteroatoms. The summed E-state index contributed by atoms with van der Waals surface area (Å²) in [5, 5.41) is 2.77. The maximum Gasteiger partial charge on any atom is 0.248 e. The first-order valence-electron chi connectivity index (χ1n) is 9.73. The fourth-order valence-corrected chi connectivity index (χ4v) is 5.08. The second-order valence-electron chi connectivity index (χ2n) is 6.90. The van der Waals surface area contributed by atoms with Gasteiger partial charge in [0.05, 0.1) is 11.4 Å². The minimum atomic E-state index is -3.42. The second-order valence-corrected chi connectivity index (χ2v) is 9.86. The van der Waals surface area contributed by atoms with Gasteiger partial charge in [0.1, 0.15) is 5.82 Å². The third-order valence-corrected chi connectivity index (χ3v) is 7.06. The fraction of sp³-hybridized carbons (Fsp3) is 0.174. The molecule has 0 spiro atoms. The summed E-state index contributed by atoms with van der Waals surface area (Å²) in [7, 11) is -3.42. The van der Waals surface area contributed by atoms with Gasteiger partial charge in [-0.2, -0.15) is 0 Å². The Morgan fingerprint density at radius 2 is 1.81 bits per heavy atom. The van der Waals surface area contributed by atoms with E-state index >= 15 is 0 Å². The zero-order chi connectivity index (χ0) is 22.4. The van der Waals surface area contributed by atoms with Crippen molar-refractivity contribution in [2.75, 3.05) is 15.8 Å². The van der Waals surface area contributed by atoms with E-state index in [1.54, 1.807) is 56.3 Å². The first kappa shape index (κ1) is 22.7. The number of carbonyl (C=O) groups excluding carboxylic acids is 1. The van der Waals surface area contributed by atoms with Crippen LogP contribution in [0.1, 0.15) is 23.8 Å². The van der Waals surface area contributed by atoms with Crippen LogP contribution in [0, 0.1) is 12.7 Å². The number of hydrogen-bond donors (Lipinski definition) is 2. The molecule has 31 heavy (non-hydrogen) atoms. The van der Waals surface area contributed by atoms with E-state index in [2.05, 4.69) is 10.0 Å². The lowest BCUT2D eigenvalue weighted by molar-refractivity contribution is -0.111. The Hall–Kier alpha value is -2.97. The number of carbonyl (C=O) groups is 1. The standard InChI is InChI=1S/C23H23FN2O3S2/c1-3-15-31(28,29)26-21-10-6-9-20(16(21)2)25-23(27)14-12-17-11-13-22(30-17)18-7-4-5-8-19(18)24/h4-14,26H,3,15H2,1-2H3,(H,25,27)/b14-12+. The molecule has 0 aliphatic rings. The summed E-state index contributed by atoms with van der Waals surface area (Å²) >= 11 is 1.38. The van der Waals surface area contributed by atoms with Gasteiger partial charge in [-0.05, 0) is 55.3 Å². The number of sulfonamides is 1. The van der Waals surface area contributed by atoms with E-state index in [0.717, 1.165) is 9.75 Å². The van der Waals surface area contributed by atoms with E-state index in [1.807, 2.05) is 12.1 Å². The van der Waals surface area contributed by atoms with Crippen LogP contribution < -0.4 is 10.0 Å². The lowest BCUT2D eigenvalue weighted by atomic mass is 10.1. The number of benzene rings is 2. The maximum absolute atomic E-state index is 13.9. The maximum atomic E-state index is 13.9. The largest absolute Gasteiger partial charge is 0.322 e. The second kappa shape index (κ2) is 9.89. The number of nitrogens with one attached hydrogen (secondary N) is 2. The Bertz CT molecular complexity index is 1220. The summed E-state index contributed by atoms with van der Waals surface area (Å²) in [6.07, 6.45) is 3.56. The van der Waals surface area contributed by atoms with Crippen LogP contribution in [-0.4, -0.2) is 20.1 Å². The van der Waals surface area contributed by atoms with Gasteiger partial charge in [-0.15, -0.1) is 11.3 Å². The van der Waals surface area contributed by atoms with Crippen molar-refractivity contribution < 1.29 is 17.6 Å². The highest BCUT2D eigenvalue weighted by Gasteiger charge is 2.13. The molecule has 2 N–H and O–H groups in total. The topological polar surface area (TPSA) is 75.3 Å². The third-order valence-electron chi connectivity index (χ3n) is 4.50. The lowest BCUT2D eigenvalue weighted by Gasteiger charge is -2.13. The highest BCUT2D eigenvalue weighted by Crippen LogP contribution is 2.30. The summed E-state index contributed by atoms with van der Waals surface area (Å²) in [6.45, 7) is 3.53. The van der Waals surface area contributed by atoms with E-state index in [1.165, 1.54) is 23.5 Å². The predicted octanol–water partition coefficient (Wildman–Crippen LogP) is 5.67. The summed E-state index contributed by atoms with van der Waals surface area (Å²) in [6, 6.07) is 15.2. The Morgan fingerprint density at radius 3 is 2.55 bits per heavy atom. The summed E-state index contributed by atoms with van der Waals surface area (Å²) < 4.78 is 40.6. The Labute approximate surface area is 185 Å². The first-order chi connectivity index (χ1) is 14.8. The average molecular weight is 459 g/mol. The van der Waals surface area contributed by atoms with Gasteiger partial charge in [0.15, 0.2) is 0 Å². The monoisotopic (exact) mass is 458 g/mol. The molecular formula is C23H23FN2O3S2. The molecule has 1 amide bonds. The molecule has 0 saturated heterocycles. The van der Waals surface area contributed by atoms with Crippen LogP contribution in [0.15, 0.2) is 60.7 Å². The van der Waals surface area contributed by atoms with E-state index in [4.69, 9.17) is 0 Å². The molecule has 3 rings (SSSR count). The van der Waals surface area contributed by atoms with Gasteiger partial charge >= 0.3 is 0 Å². The third kappa shape index (κ3) is 6.02. The number of thiophene rings is 1. The van der Waals surface area contributed by atoms with Crippen molar-refractivity contribution in [1.82, 2.24) is 0 Å². The lowest BCUT2D eigenvalue weighted by Crippen LogP contribution is -2.17. The van der Waals surface area contributed by atoms with Gasteiger partial charge < -0.3 is 5.32 Å². The van der Waals surface area contributed by atoms with Crippen molar-refractivity contribution in [3.63, 3.8) is 0 Å². The molecule has 1 heterocycles. The number of amides is 1. The Kier molecular flexibility index (Phi) is 7.25. The van der Waals surface area contributed by atoms with E-state index in [0.29, 0.717) is 28.9 Å². The van der Waals surface area contributed by atoms with E-state index in [-0.39, 0.29) is 17.5 Å². The van der Waals surface area contributed by atoms with Gasteiger partial charge in [-0.25, -0.2) is 12.8 Å². The molecule has 0 unspecified atom stereocenters. The molecule has 0 aliphatic carbocycles. The van der Waals surface area contributed by atoms with Gasteiger partial charge in [0.2, 0.25) is 15.9 Å². The number of anilines is 2. The molecule has 1 aromatic heterocycles. The summed E-state index contributed by atoms with van der Waals surface area (Å²) in [5.74, 6) is -0.610. The molecule has 0 radical (unpaired) electrons. The highest BCUT2D eigenvalue weighted by molar-refractivity contribution is 7.92. The SMILES string of the molecule is CCCS(=O)(=O)Nc1cccc(NC(=O)/C=C/c2ccc(-c3ccccc3F)s2)c1C. The van der Waals surface area contributed by atoms with Crippen LogP contribution in [0.4, 0.5) is 15.8 Å². The van der Waals surface area contributed by atoms with Crippen molar-refractivity contribution >= 4 is 44.7 Å². The van der Waals surface area contributed by atoms with Gasteiger partial charge in [0.25, 0.3) is 0 Å². The first-order valence-corrected chi connectivity index (χ1v) is 12.2. The summed E-state index contributed by atoms with van der Waals surface area (Å²) in [4.78, 5) is 14.0. The summed E-state index contributed by atoms with van der Waals surface area (Å²) in [5.41, 5.74) is 2.10. The van der Waals surface area contributed by atoms with Crippen molar-refractivity contribution in [2.45, 2.75) is 20.3 Å². The minimum absolute atomic E-state index is 0.0292. The molecule has 162 valence electrons. The molecule has 0 atom stereocenters. The zero-order valence-corrected chi connectivity index (χ0v) is 18.8. The van der Waals surface area contributed by atoms with Crippen LogP contribution in [0.3, 0.4) is 0 Å². The molecule has 0 saturated carbocycles. The van der Waals surface area contributed by atoms with Gasteiger partial charge in [0, 0.05) is 27.1 Å². The van der Waals surface area contributed by atoms with Gasteiger partial charge in [-0.3, -0.25) is 9.52 Å². The van der Waals surface area contributed by atoms with Crippen LogP contribution in [0.25, 0.3) is 16.5 Å². The number of hydrogen-bond acceptors (Lipinski definition) is 4. The van der Waals surface area contributed by atoms with E-state index in [9.17, 15) is 17.6 Å². The van der Waals surface area contributed by atoms with Crippen molar-refractivity contribution in [1.29, 1.82) is 0 Å². The molecule has 0 fully saturated rings. The average Bonchev–Trinajstić information content (AvgIpc) is 3.18. The molecular weight excluding hydrogens is 435 g/mol. The fourth-order valence-electron chi connectivity index (χ4n) is 2.95. The van der Waals surface area contributed by atoms with Gasteiger partial charge in [-0.1, -0.05) is 31.2 Å². The quantitative estimate of drug-likeness (QED) is 0.427. The molecule has 2 aromatic carbocycles. The predicted molar refractivity (Wildman–Crippen MR) is 126 cm³/mol. The molecule has 0 aliphatic heterocycles. The smallest absolute Gasteiger partial charge is 0.248 e. The van der Waals surface area contributed by atoms with Crippen molar-refractivity contribution in [3.8, 4) is 10.4 Å². The Morgan fingerprint density at radius 1 is 1.06 bits per heavy atom. The number of rotatable bonds is 8. The van der Waals surface area contributed by atoms with Crippen LogP contribution in [-0.2, 0) is 14.8 Å². The molecule has 3 aromatic rings. The number of halogens is 1. The van der Waals surface area contributed by atoms with E-state index < -0.39 is 10.0 Å². The van der Waals surface area contributed by atoms with Crippen molar-refractivity contribution in [2.24, 2.45) is 0 Å². The van der Waals surface area contributed by atoms with Crippen LogP contribution >= 0.6 is 11.3 Å². The molecule has 5 nitrogen and oxygen atoms in total. The zero-order valence-electron chi connectivity index (χ0n) is 17.2. The van der Waals surface area contributed by atoms with Crippen molar-refractivity contribution in [3.05, 3.63) is 76.9 Å². The normalized spacial score (nSPS) is 11.6. The van der Waals surface area contributed by atoms with Crippen LogP contribution in [0.5, 0.6) is 0 Å². The molecule has 0 bridgehead atoms. The highest BCUT2D eigenvalue weighted by atomic mass is 32.2.